The third-order valence-corrected chi connectivity index (χ3v) is 4.73. The molecule has 1 atom stereocenters. The molecule has 0 saturated carbocycles. The van der Waals surface area contributed by atoms with E-state index in [1.165, 1.54) is 20.2 Å². The van der Waals surface area contributed by atoms with E-state index >= 15 is 0 Å². The van der Waals surface area contributed by atoms with Gasteiger partial charge in [0, 0.05) is 18.0 Å². The zero-order chi connectivity index (χ0) is 19.2. The highest BCUT2D eigenvalue weighted by atomic mass is 32.2. The van der Waals surface area contributed by atoms with Crippen LogP contribution in [0.3, 0.4) is 0 Å². The van der Waals surface area contributed by atoms with Gasteiger partial charge in [-0.1, -0.05) is 6.07 Å². The lowest BCUT2D eigenvalue weighted by Crippen LogP contribution is -2.46. The smallest absolute Gasteiger partial charge is 0.263 e. The van der Waals surface area contributed by atoms with Crippen molar-refractivity contribution in [1.29, 1.82) is 0 Å². The molecule has 9 heteroatoms. The molecule has 2 rings (SSSR count). The highest BCUT2D eigenvalue weighted by molar-refractivity contribution is 7.92. The summed E-state index contributed by atoms with van der Waals surface area (Å²) < 4.78 is 30.5. The zero-order valence-electron chi connectivity index (χ0n) is 14.7. The molecule has 8 nitrogen and oxygen atoms in total. The second-order valence-electron chi connectivity index (χ2n) is 5.45. The summed E-state index contributed by atoms with van der Waals surface area (Å²) in [6.07, 6.45) is 5.67. The van der Waals surface area contributed by atoms with Gasteiger partial charge in [0.2, 0.25) is 10.0 Å². The summed E-state index contributed by atoms with van der Waals surface area (Å²) in [7, 11) is -2.18. The Labute approximate surface area is 152 Å². The lowest BCUT2D eigenvalue weighted by molar-refractivity contribution is -0.121. The van der Waals surface area contributed by atoms with E-state index in [1.807, 2.05) is 0 Å². The van der Waals surface area contributed by atoms with Crippen molar-refractivity contribution in [1.82, 2.24) is 10.4 Å². The van der Waals surface area contributed by atoms with Crippen molar-refractivity contribution >= 4 is 27.8 Å². The predicted octanol–water partition coefficient (Wildman–Crippen LogP) is 1.39. The number of benzene rings is 1. The quantitative estimate of drug-likeness (QED) is 0.581. The van der Waals surface area contributed by atoms with Crippen LogP contribution in [0.1, 0.15) is 12.5 Å². The van der Waals surface area contributed by atoms with Crippen LogP contribution in [0.5, 0.6) is 5.75 Å². The molecule has 0 bridgehead atoms. The van der Waals surface area contributed by atoms with Crippen LogP contribution >= 0.6 is 0 Å². The van der Waals surface area contributed by atoms with Crippen molar-refractivity contribution in [3.05, 3.63) is 54.4 Å². The molecular formula is C17H20N4O4S. The molecule has 0 fully saturated rings. The minimum absolute atomic E-state index is 0.354. The summed E-state index contributed by atoms with van der Waals surface area (Å²) >= 11 is 0. The minimum Gasteiger partial charge on any atom is -0.497 e. The van der Waals surface area contributed by atoms with E-state index in [1.54, 1.807) is 48.8 Å². The Bertz CT molecular complexity index is 867. The van der Waals surface area contributed by atoms with E-state index in [9.17, 15) is 13.2 Å². The fraction of sp³-hybridized carbons (Fsp3) is 0.235. The monoisotopic (exact) mass is 376 g/mol. The molecule has 0 aliphatic carbocycles. The number of amides is 1. The molecule has 138 valence electrons. The van der Waals surface area contributed by atoms with Crippen molar-refractivity contribution in [2.45, 2.75) is 13.0 Å². The molecule has 0 aliphatic heterocycles. The van der Waals surface area contributed by atoms with Crippen molar-refractivity contribution in [3.8, 4) is 5.75 Å². The molecule has 1 aromatic carbocycles. The maximum atomic E-state index is 12.3. The number of carbonyl (C=O) groups excluding carboxylic acids is 1. The molecule has 1 amide bonds. The molecule has 0 saturated heterocycles. The van der Waals surface area contributed by atoms with Crippen LogP contribution in [-0.4, -0.2) is 44.9 Å². The maximum Gasteiger partial charge on any atom is 0.263 e. The lowest BCUT2D eigenvalue weighted by atomic mass is 10.2. The maximum absolute atomic E-state index is 12.3. The molecule has 1 N–H and O–H groups in total. The lowest BCUT2D eigenvalue weighted by Gasteiger charge is -2.27. The van der Waals surface area contributed by atoms with Gasteiger partial charge in [-0.05, 0) is 37.3 Å². The summed E-state index contributed by atoms with van der Waals surface area (Å²) in [5.41, 5.74) is 3.41. The number of carbonyl (C=O) groups is 1. The first-order valence-corrected chi connectivity index (χ1v) is 9.54. The number of ether oxygens (including phenoxy) is 1. The normalized spacial score (nSPS) is 12.6. The number of aromatic nitrogens is 1. The van der Waals surface area contributed by atoms with Crippen LogP contribution in [0.2, 0.25) is 0 Å². The second kappa shape index (κ2) is 8.43. The summed E-state index contributed by atoms with van der Waals surface area (Å²) in [6.45, 7) is 1.49. The Morgan fingerprint density at radius 2 is 2.00 bits per heavy atom. The molecule has 0 aliphatic rings. The van der Waals surface area contributed by atoms with Gasteiger partial charge < -0.3 is 4.74 Å². The zero-order valence-corrected chi connectivity index (χ0v) is 15.5. The van der Waals surface area contributed by atoms with Crippen molar-refractivity contribution < 1.29 is 17.9 Å². The van der Waals surface area contributed by atoms with Crippen LogP contribution in [0, 0.1) is 0 Å². The second-order valence-corrected chi connectivity index (χ2v) is 7.31. The fourth-order valence-corrected chi connectivity index (χ4v) is 3.43. The number of hydrogen-bond acceptors (Lipinski definition) is 6. The molecular weight excluding hydrogens is 356 g/mol. The van der Waals surface area contributed by atoms with Gasteiger partial charge in [0.15, 0.2) is 0 Å². The number of nitrogens with zero attached hydrogens (tertiary/aromatic N) is 3. The molecule has 2 aromatic rings. The number of sulfonamides is 1. The number of pyridine rings is 1. The number of hydrogen-bond donors (Lipinski definition) is 1. The topological polar surface area (TPSA) is 101 Å². The Kier molecular flexibility index (Phi) is 6.29. The molecule has 1 aromatic heterocycles. The number of rotatable bonds is 7. The Hall–Kier alpha value is -2.94. The van der Waals surface area contributed by atoms with E-state index < -0.39 is 22.0 Å². The van der Waals surface area contributed by atoms with Gasteiger partial charge in [0.05, 0.1) is 25.3 Å². The van der Waals surface area contributed by atoms with E-state index in [2.05, 4.69) is 15.5 Å². The van der Waals surface area contributed by atoms with E-state index in [4.69, 9.17) is 4.74 Å². The van der Waals surface area contributed by atoms with Crippen LogP contribution in [0.25, 0.3) is 0 Å². The third kappa shape index (κ3) is 5.03. The summed E-state index contributed by atoms with van der Waals surface area (Å²) in [4.78, 5) is 16.3. The molecule has 0 radical (unpaired) electrons. The van der Waals surface area contributed by atoms with E-state index in [0.29, 0.717) is 17.0 Å². The first kappa shape index (κ1) is 19.4. The largest absolute Gasteiger partial charge is 0.497 e. The van der Waals surface area contributed by atoms with Crippen molar-refractivity contribution in [2.24, 2.45) is 5.10 Å². The van der Waals surface area contributed by atoms with Crippen LogP contribution in [0.4, 0.5) is 5.69 Å². The summed E-state index contributed by atoms with van der Waals surface area (Å²) in [5.74, 6) is 0.0201. The number of hydrazone groups is 1. The number of anilines is 1. The molecule has 1 heterocycles. The molecule has 0 spiro atoms. The summed E-state index contributed by atoms with van der Waals surface area (Å²) in [6, 6.07) is 8.90. The standard InChI is InChI=1S/C17H20N4O4S/c1-13(17(22)20-19-12-14-5-4-10-18-11-14)21(26(3,23)24)15-6-8-16(25-2)9-7-15/h4-13H,1-3H3,(H,20,22)/b19-12-/t13-/m1/s1. The third-order valence-electron chi connectivity index (χ3n) is 3.49. The first-order valence-electron chi connectivity index (χ1n) is 7.69. The number of methoxy groups -OCH3 is 1. The Balaban J connectivity index is 2.16. The Morgan fingerprint density at radius 1 is 1.31 bits per heavy atom. The van der Waals surface area contributed by atoms with Gasteiger partial charge in [-0.3, -0.25) is 14.1 Å². The van der Waals surface area contributed by atoms with E-state index in [-0.39, 0.29) is 0 Å². The van der Waals surface area contributed by atoms with Crippen LogP contribution < -0.4 is 14.5 Å². The van der Waals surface area contributed by atoms with Gasteiger partial charge in [0.1, 0.15) is 11.8 Å². The van der Waals surface area contributed by atoms with Crippen molar-refractivity contribution in [2.75, 3.05) is 17.7 Å². The van der Waals surface area contributed by atoms with Gasteiger partial charge in [-0.15, -0.1) is 0 Å². The van der Waals surface area contributed by atoms with Crippen LogP contribution in [-0.2, 0) is 14.8 Å². The highest BCUT2D eigenvalue weighted by Crippen LogP contribution is 2.23. The Morgan fingerprint density at radius 3 is 2.54 bits per heavy atom. The minimum atomic E-state index is -3.69. The SMILES string of the molecule is COc1ccc(N([C@H](C)C(=O)N/N=C\c2cccnc2)S(C)(=O)=O)cc1. The average molecular weight is 376 g/mol. The van der Waals surface area contributed by atoms with E-state index in [0.717, 1.165) is 10.6 Å². The van der Waals surface area contributed by atoms with Crippen molar-refractivity contribution in [3.63, 3.8) is 0 Å². The fourth-order valence-electron chi connectivity index (χ4n) is 2.25. The number of nitrogens with one attached hydrogen (secondary N) is 1. The van der Waals surface area contributed by atoms with Gasteiger partial charge in [-0.25, -0.2) is 13.8 Å². The predicted molar refractivity (Wildman–Crippen MR) is 99.8 cm³/mol. The summed E-state index contributed by atoms with van der Waals surface area (Å²) in [5, 5.41) is 3.84. The first-order chi connectivity index (χ1) is 12.3. The van der Waals surface area contributed by atoms with Crippen LogP contribution in [0.15, 0.2) is 53.9 Å². The van der Waals surface area contributed by atoms with Gasteiger partial charge >= 0.3 is 0 Å². The van der Waals surface area contributed by atoms with Gasteiger partial charge in [-0.2, -0.15) is 5.10 Å². The van der Waals surface area contributed by atoms with Gasteiger partial charge in [0.25, 0.3) is 5.91 Å². The average Bonchev–Trinajstić information content (AvgIpc) is 2.62. The molecule has 26 heavy (non-hydrogen) atoms. The highest BCUT2D eigenvalue weighted by Gasteiger charge is 2.29. The molecule has 0 unspecified atom stereocenters.